The van der Waals surface area contributed by atoms with Crippen LogP contribution in [0.25, 0.3) is 0 Å². The highest BCUT2D eigenvalue weighted by Gasteiger charge is 2.30. The Morgan fingerprint density at radius 2 is 2.18 bits per heavy atom. The van der Waals surface area contributed by atoms with Crippen LogP contribution in [0.15, 0.2) is 18.2 Å². The number of hydrogen-bond acceptors (Lipinski definition) is 3. The third kappa shape index (κ3) is 2.25. The summed E-state index contributed by atoms with van der Waals surface area (Å²) in [5.41, 5.74) is -0.474. The highest BCUT2D eigenvalue weighted by atomic mass is 19.1. The van der Waals surface area contributed by atoms with Gasteiger partial charge in [0.15, 0.2) is 0 Å². The summed E-state index contributed by atoms with van der Waals surface area (Å²) in [5.74, 6) is -1.29. The van der Waals surface area contributed by atoms with Crippen LogP contribution in [0.3, 0.4) is 0 Å². The van der Waals surface area contributed by atoms with E-state index in [-0.39, 0.29) is 17.5 Å². The molecule has 1 aliphatic carbocycles. The van der Waals surface area contributed by atoms with Crippen LogP contribution in [0.2, 0.25) is 0 Å². The van der Waals surface area contributed by atoms with Crippen molar-refractivity contribution in [1.29, 1.82) is 0 Å². The molecule has 0 unspecified atom stereocenters. The zero-order valence-corrected chi connectivity index (χ0v) is 9.22. The van der Waals surface area contributed by atoms with Crippen molar-refractivity contribution < 1.29 is 14.1 Å². The van der Waals surface area contributed by atoms with Crippen LogP contribution in [0, 0.1) is 15.9 Å². The average molecular weight is 238 g/mol. The first-order valence-electron chi connectivity index (χ1n) is 5.22. The Balaban J connectivity index is 2.24. The summed E-state index contributed by atoms with van der Waals surface area (Å²) < 4.78 is 13.3. The van der Waals surface area contributed by atoms with Crippen LogP contribution in [-0.4, -0.2) is 28.8 Å². The van der Waals surface area contributed by atoms with E-state index < -0.39 is 16.4 Å². The number of halogens is 1. The summed E-state index contributed by atoms with van der Waals surface area (Å²) in [6.07, 6.45) is 1.91. The Morgan fingerprint density at radius 1 is 1.53 bits per heavy atom. The molecule has 0 aliphatic heterocycles. The van der Waals surface area contributed by atoms with Gasteiger partial charge in [0.2, 0.25) is 5.82 Å². The minimum Gasteiger partial charge on any atom is -0.339 e. The first-order valence-corrected chi connectivity index (χ1v) is 5.22. The van der Waals surface area contributed by atoms with E-state index in [0.29, 0.717) is 0 Å². The molecular formula is C11H11FN2O3. The molecule has 1 saturated carbocycles. The average Bonchev–Trinajstić information content (AvgIpc) is 3.10. The Morgan fingerprint density at radius 3 is 2.65 bits per heavy atom. The van der Waals surface area contributed by atoms with Gasteiger partial charge in [-0.2, -0.15) is 4.39 Å². The van der Waals surface area contributed by atoms with Crippen LogP contribution in [0.5, 0.6) is 0 Å². The van der Waals surface area contributed by atoms with Gasteiger partial charge in [-0.05, 0) is 25.0 Å². The molecule has 0 bridgehead atoms. The normalized spacial score (nSPS) is 14.5. The lowest BCUT2D eigenvalue weighted by Crippen LogP contribution is -2.28. The van der Waals surface area contributed by atoms with Gasteiger partial charge in [-0.1, -0.05) is 0 Å². The molecule has 0 spiro atoms. The number of hydrogen-bond donors (Lipinski definition) is 0. The van der Waals surface area contributed by atoms with E-state index in [1.165, 1.54) is 6.07 Å². The maximum atomic E-state index is 13.3. The molecule has 1 aromatic carbocycles. The summed E-state index contributed by atoms with van der Waals surface area (Å²) in [4.78, 5) is 23.0. The van der Waals surface area contributed by atoms with Crippen LogP contribution in [-0.2, 0) is 0 Å². The molecule has 1 aliphatic rings. The maximum absolute atomic E-state index is 13.3. The van der Waals surface area contributed by atoms with Gasteiger partial charge in [-0.3, -0.25) is 14.9 Å². The van der Waals surface area contributed by atoms with Crippen LogP contribution in [0.1, 0.15) is 23.2 Å². The van der Waals surface area contributed by atoms with Crippen molar-refractivity contribution in [1.82, 2.24) is 4.90 Å². The van der Waals surface area contributed by atoms with Gasteiger partial charge in [-0.25, -0.2) is 0 Å². The topological polar surface area (TPSA) is 63.5 Å². The first-order chi connectivity index (χ1) is 8.00. The lowest BCUT2D eigenvalue weighted by molar-refractivity contribution is -0.387. The second kappa shape index (κ2) is 4.12. The zero-order chi connectivity index (χ0) is 12.6. The minimum atomic E-state index is -0.981. The van der Waals surface area contributed by atoms with Crippen LogP contribution >= 0.6 is 0 Å². The van der Waals surface area contributed by atoms with Crippen molar-refractivity contribution in [3.8, 4) is 0 Å². The highest BCUT2D eigenvalue weighted by molar-refractivity contribution is 5.94. The number of amides is 1. The standard InChI is InChI=1S/C11H11FN2O3/c1-13(8-3-4-8)11(15)7-2-5-10(14(16)17)9(12)6-7/h2,5-6,8H,3-4H2,1H3. The van der Waals surface area contributed by atoms with Crippen molar-refractivity contribution in [2.45, 2.75) is 18.9 Å². The van der Waals surface area contributed by atoms with Crippen molar-refractivity contribution in [3.63, 3.8) is 0 Å². The van der Waals surface area contributed by atoms with Gasteiger partial charge < -0.3 is 4.90 Å². The Hall–Kier alpha value is -1.98. The van der Waals surface area contributed by atoms with Crippen molar-refractivity contribution in [2.24, 2.45) is 0 Å². The minimum absolute atomic E-state index is 0.141. The molecule has 0 aromatic heterocycles. The molecule has 1 amide bonds. The van der Waals surface area contributed by atoms with E-state index in [2.05, 4.69) is 0 Å². The van der Waals surface area contributed by atoms with Gasteiger partial charge in [-0.15, -0.1) is 0 Å². The van der Waals surface area contributed by atoms with E-state index in [0.717, 1.165) is 25.0 Å². The van der Waals surface area contributed by atoms with Crippen molar-refractivity contribution in [2.75, 3.05) is 7.05 Å². The fourth-order valence-electron chi connectivity index (χ4n) is 1.62. The number of rotatable bonds is 3. The maximum Gasteiger partial charge on any atom is 0.304 e. The van der Waals surface area contributed by atoms with Gasteiger partial charge >= 0.3 is 5.69 Å². The fourth-order valence-corrected chi connectivity index (χ4v) is 1.62. The van der Waals surface area contributed by atoms with Gasteiger partial charge in [0.05, 0.1) is 4.92 Å². The molecular weight excluding hydrogens is 227 g/mol. The predicted octanol–water partition coefficient (Wildman–Crippen LogP) is 1.97. The molecule has 0 atom stereocenters. The van der Waals surface area contributed by atoms with Crippen LogP contribution < -0.4 is 0 Å². The van der Waals surface area contributed by atoms with E-state index in [1.54, 1.807) is 11.9 Å². The molecule has 0 heterocycles. The van der Waals surface area contributed by atoms with E-state index in [9.17, 15) is 19.3 Å². The largest absolute Gasteiger partial charge is 0.339 e. The molecule has 90 valence electrons. The number of carbonyl (C=O) groups is 1. The highest BCUT2D eigenvalue weighted by Crippen LogP contribution is 2.27. The Kier molecular flexibility index (Phi) is 2.79. The molecule has 0 N–H and O–H groups in total. The van der Waals surface area contributed by atoms with E-state index >= 15 is 0 Å². The molecule has 0 saturated heterocycles. The second-order valence-corrected chi connectivity index (χ2v) is 4.07. The lowest BCUT2D eigenvalue weighted by Gasteiger charge is -2.15. The summed E-state index contributed by atoms with van der Waals surface area (Å²) in [6.45, 7) is 0. The summed E-state index contributed by atoms with van der Waals surface area (Å²) in [5, 5.41) is 10.4. The van der Waals surface area contributed by atoms with E-state index in [1.807, 2.05) is 0 Å². The third-order valence-corrected chi connectivity index (χ3v) is 2.81. The quantitative estimate of drug-likeness (QED) is 0.597. The van der Waals surface area contributed by atoms with Gasteiger partial charge in [0.25, 0.3) is 5.91 Å². The van der Waals surface area contributed by atoms with Crippen LogP contribution in [0.4, 0.5) is 10.1 Å². The number of nitrogens with zero attached hydrogens (tertiary/aromatic N) is 2. The first kappa shape index (κ1) is 11.5. The number of carbonyl (C=O) groups excluding carboxylic acids is 1. The Bertz CT molecular complexity index is 486. The van der Waals surface area contributed by atoms with E-state index in [4.69, 9.17) is 0 Å². The van der Waals surface area contributed by atoms with Crippen molar-refractivity contribution >= 4 is 11.6 Å². The molecule has 5 nitrogen and oxygen atoms in total. The lowest BCUT2D eigenvalue weighted by atomic mass is 10.1. The molecule has 6 heteroatoms. The number of nitro benzene ring substituents is 1. The summed E-state index contributed by atoms with van der Waals surface area (Å²) >= 11 is 0. The smallest absolute Gasteiger partial charge is 0.304 e. The number of nitro groups is 1. The molecule has 2 rings (SSSR count). The molecule has 1 fully saturated rings. The summed E-state index contributed by atoms with van der Waals surface area (Å²) in [6, 6.07) is 3.44. The fraction of sp³-hybridized carbons (Fsp3) is 0.364. The SMILES string of the molecule is CN(C(=O)c1ccc([N+](=O)[O-])c(F)c1)C1CC1. The molecule has 17 heavy (non-hydrogen) atoms. The molecule has 1 aromatic rings. The second-order valence-electron chi connectivity index (χ2n) is 4.07. The third-order valence-electron chi connectivity index (χ3n) is 2.81. The summed E-state index contributed by atoms with van der Waals surface area (Å²) in [7, 11) is 1.65. The van der Waals surface area contributed by atoms with Gasteiger partial charge in [0, 0.05) is 24.7 Å². The van der Waals surface area contributed by atoms with Gasteiger partial charge in [0.1, 0.15) is 0 Å². The molecule has 0 radical (unpaired) electrons. The monoisotopic (exact) mass is 238 g/mol. The number of benzene rings is 1. The predicted molar refractivity (Wildman–Crippen MR) is 58.2 cm³/mol. The van der Waals surface area contributed by atoms with Crippen molar-refractivity contribution in [3.05, 3.63) is 39.7 Å². The Labute approximate surface area is 97.0 Å². The zero-order valence-electron chi connectivity index (χ0n) is 9.22.